The van der Waals surface area contributed by atoms with Gasteiger partial charge in [-0.1, -0.05) is 209 Å². The Morgan fingerprint density at radius 3 is 0.762 bits per heavy atom. The molecule has 0 fully saturated rings. The fourth-order valence-electron chi connectivity index (χ4n) is 13.4. The summed E-state index contributed by atoms with van der Waals surface area (Å²) in [6, 6.07) is 44.7. The molecule has 2 aliphatic rings. The van der Waals surface area contributed by atoms with Gasteiger partial charge in [0, 0.05) is 55.4 Å². The van der Waals surface area contributed by atoms with E-state index >= 15 is 0 Å². The summed E-state index contributed by atoms with van der Waals surface area (Å²) in [7, 11) is -3.88. The minimum atomic E-state index is -1.94. The van der Waals surface area contributed by atoms with Crippen molar-refractivity contribution in [1.82, 2.24) is 19.9 Å². The predicted molar refractivity (Wildman–Crippen MR) is 354 cm³/mol. The molecule has 4 nitrogen and oxygen atoms in total. The van der Waals surface area contributed by atoms with Gasteiger partial charge in [0.2, 0.25) is 0 Å². The van der Waals surface area contributed by atoms with Gasteiger partial charge in [0.15, 0.2) is 0 Å². The van der Waals surface area contributed by atoms with Crippen LogP contribution >= 0.6 is 0 Å². The first-order chi connectivity index (χ1) is 37.8. The summed E-state index contributed by atoms with van der Waals surface area (Å²) in [6.45, 7) is 42.1. The molecule has 410 valence electrons. The highest BCUT2D eigenvalue weighted by molar-refractivity contribution is 6.91. The van der Waals surface area contributed by atoms with Crippen molar-refractivity contribution >= 4 is 62.5 Å². The molecular weight excluding hydrogens is 1000 g/mol. The number of aromatic nitrogens is 4. The molecule has 2 N–H and O–H groups in total. The monoisotopic (exact) mass is 1090 g/mol. The summed E-state index contributed by atoms with van der Waals surface area (Å²) >= 11 is 0. The molecule has 0 unspecified atom stereocenters. The van der Waals surface area contributed by atoms with E-state index in [4.69, 9.17) is 9.97 Å². The molecule has 80 heavy (non-hydrogen) atoms. The van der Waals surface area contributed by atoms with Gasteiger partial charge in [-0.15, -0.1) is 11.1 Å². The van der Waals surface area contributed by atoms with E-state index in [9.17, 15) is 0 Å². The lowest BCUT2D eigenvalue weighted by molar-refractivity contribution is 0.590. The Bertz CT molecular complexity index is 3490. The second kappa shape index (κ2) is 22.5. The van der Waals surface area contributed by atoms with E-state index in [0.717, 1.165) is 100 Å². The zero-order chi connectivity index (χ0) is 57.6. The lowest BCUT2D eigenvalue weighted by Crippen LogP contribution is -2.43. The molecule has 0 aliphatic carbocycles. The van der Waals surface area contributed by atoms with Crippen molar-refractivity contribution in [2.45, 2.75) is 169 Å². The Balaban J connectivity index is 1.35. The summed E-state index contributed by atoms with van der Waals surface area (Å²) < 4.78 is 0. The number of fused-ring (bicyclic) bond motifs is 8. The number of hydrogen-bond donors (Lipinski definition) is 2. The smallest absolute Gasteiger partial charge is 0.146 e. The molecule has 0 spiro atoms. The third-order valence-corrected chi connectivity index (χ3v) is 30.3. The first-order valence-electron chi connectivity index (χ1n) is 29.5. The third kappa shape index (κ3) is 11.1. The van der Waals surface area contributed by atoms with Crippen molar-refractivity contribution in [3.05, 3.63) is 166 Å². The summed E-state index contributed by atoms with van der Waals surface area (Å²) in [6.07, 6.45) is 8.77. The molecule has 0 saturated heterocycles. The van der Waals surface area contributed by atoms with Gasteiger partial charge >= 0.3 is 0 Å². The minimum absolute atomic E-state index is 0.00734. The summed E-state index contributed by atoms with van der Waals surface area (Å²) in [5, 5.41) is 0. The number of benzene rings is 4. The molecular formula is C74H86N4Si2. The molecule has 2 aliphatic heterocycles. The van der Waals surface area contributed by atoms with Crippen molar-refractivity contribution in [1.29, 1.82) is 0 Å². The number of H-pyrrole nitrogens is 2. The van der Waals surface area contributed by atoms with Crippen LogP contribution in [-0.2, 0) is 10.8 Å². The van der Waals surface area contributed by atoms with E-state index in [2.05, 4.69) is 303 Å². The largest absolute Gasteiger partial charge is 0.354 e. The van der Waals surface area contributed by atoms with Crippen molar-refractivity contribution in [2.24, 2.45) is 0 Å². The van der Waals surface area contributed by atoms with Crippen molar-refractivity contribution < 1.29 is 0 Å². The highest BCUT2D eigenvalue weighted by Gasteiger charge is 2.43. The van der Waals surface area contributed by atoms with Crippen LogP contribution in [0.3, 0.4) is 0 Å². The molecule has 7 aromatic rings. The molecule has 0 radical (unpaired) electrons. The van der Waals surface area contributed by atoms with Gasteiger partial charge < -0.3 is 9.97 Å². The topological polar surface area (TPSA) is 57.4 Å². The molecule has 5 heterocycles. The van der Waals surface area contributed by atoms with E-state index in [1.807, 2.05) is 0 Å². The van der Waals surface area contributed by atoms with E-state index in [1.54, 1.807) is 0 Å². The number of aromatic amines is 2. The summed E-state index contributed by atoms with van der Waals surface area (Å²) in [4.78, 5) is 19.3. The Hall–Kier alpha value is -6.97. The molecule has 3 aromatic heterocycles. The second-order valence-corrected chi connectivity index (χ2v) is 37.8. The summed E-state index contributed by atoms with van der Waals surface area (Å²) in [5.74, 6) is 7.42. The highest BCUT2D eigenvalue weighted by atomic mass is 28.3. The second-order valence-electron chi connectivity index (χ2n) is 26.6. The van der Waals surface area contributed by atoms with Gasteiger partial charge in [-0.3, -0.25) is 0 Å². The molecule has 4 aromatic carbocycles. The van der Waals surface area contributed by atoms with Gasteiger partial charge in [0.1, 0.15) is 16.1 Å². The molecule has 0 saturated carbocycles. The highest BCUT2D eigenvalue weighted by Crippen LogP contribution is 2.44. The molecule has 8 bridgehead atoms. The van der Waals surface area contributed by atoms with Crippen molar-refractivity contribution in [3.63, 3.8) is 0 Å². The maximum absolute atomic E-state index is 5.67. The Labute approximate surface area is 482 Å². The quantitative estimate of drug-likeness (QED) is 0.106. The molecule has 0 amide bonds. The first kappa shape index (κ1) is 57.7. The SMILES string of the molecule is CC(C)[Si](C#Cc1ccc(-c2c3nc(c(-c4ccc(C#C[Si](C(C)C)(C(C)C)C(C)C)cc4)c4ccc([nH]4)c(-c4ccc(C(C)(C)C)cc4)c4nc(c(-c5ccc(C(C)(C)C)cc5)c5ccc2[nH]5)C=C4)C=C3)cc1)(C(C)C)C(C)C. The Kier molecular flexibility index (Phi) is 16.2. The number of rotatable bonds is 10. The molecule has 6 heteroatoms. The number of nitrogens with zero attached hydrogens (tertiary/aromatic N) is 2. The van der Waals surface area contributed by atoms with Crippen LogP contribution in [0, 0.1) is 22.9 Å². The Morgan fingerprint density at radius 1 is 0.325 bits per heavy atom. The zero-order valence-electron chi connectivity index (χ0n) is 51.2. The fourth-order valence-corrected chi connectivity index (χ4v) is 23.8. The Morgan fingerprint density at radius 2 is 0.550 bits per heavy atom. The average Bonchev–Trinajstić information content (AvgIpc) is 4.26. The van der Waals surface area contributed by atoms with E-state index < -0.39 is 16.1 Å². The molecule has 0 atom stereocenters. The van der Waals surface area contributed by atoms with Gasteiger partial charge in [-0.25, -0.2) is 9.97 Å². The van der Waals surface area contributed by atoms with Crippen LogP contribution in [0.1, 0.15) is 170 Å². The van der Waals surface area contributed by atoms with E-state index in [-0.39, 0.29) is 10.8 Å². The van der Waals surface area contributed by atoms with Crippen molar-refractivity contribution in [3.8, 4) is 67.4 Å². The maximum atomic E-state index is 5.67. The van der Waals surface area contributed by atoms with Crippen LogP contribution in [0.5, 0.6) is 0 Å². The van der Waals surface area contributed by atoms with Gasteiger partial charge in [0.05, 0.1) is 22.8 Å². The zero-order valence-corrected chi connectivity index (χ0v) is 53.2. The normalized spacial score (nSPS) is 13.0. The third-order valence-electron chi connectivity index (χ3n) is 17.8. The summed E-state index contributed by atoms with van der Waals surface area (Å²) in [5.41, 5.74) is 31.8. The van der Waals surface area contributed by atoms with Crippen LogP contribution in [0.25, 0.3) is 90.9 Å². The maximum Gasteiger partial charge on any atom is 0.146 e. The van der Waals surface area contributed by atoms with E-state index in [0.29, 0.717) is 33.2 Å². The van der Waals surface area contributed by atoms with Gasteiger partial charge in [-0.05, 0) is 150 Å². The average molecular weight is 1090 g/mol. The fraction of sp³-hybridized carbons (Fsp3) is 0.351. The standard InChI is InChI=1S/C74H86N4Si2/c1-47(2)79(48(3)4,49(5)6)45-43-53-19-23-55(24-20-53)69-61-35-36-62(75-61)70(56-25-21-54(22-26-56)44-46-80(50(7)8,51(9)10)52(11)12)64-38-40-66(77-64)72(58-29-33-60(34-30-58)74(16,17)18)68-42-41-67(78-68)71(65-39-37-63(69)76-65)57-27-31-59(32-28-57)73(13,14)15/h19-42,47-52,76-77H,1-18H3. The minimum Gasteiger partial charge on any atom is -0.354 e. The van der Waals surface area contributed by atoms with Crippen LogP contribution in [0.4, 0.5) is 0 Å². The lowest BCUT2D eigenvalue weighted by atomic mass is 9.86. The van der Waals surface area contributed by atoms with E-state index in [1.165, 1.54) is 11.1 Å². The van der Waals surface area contributed by atoms with Crippen LogP contribution in [0.15, 0.2) is 121 Å². The number of nitrogens with one attached hydrogen (secondary N) is 2. The van der Waals surface area contributed by atoms with Crippen LogP contribution < -0.4 is 0 Å². The first-order valence-corrected chi connectivity index (χ1v) is 33.9. The number of hydrogen-bond acceptors (Lipinski definition) is 2. The van der Waals surface area contributed by atoms with Crippen LogP contribution in [0.2, 0.25) is 33.2 Å². The van der Waals surface area contributed by atoms with Gasteiger partial charge in [0.25, 0.3) is 0 Å². The lowest BCUT2D eigenvalue weighted by Gasteiger charge is -2.38. The molecule has 9 rings (SSSR count). The predicted octanol–water partition coefficient (Wildman–Crippen LogP) is 21.1. The van der Waals surface area contributed by atoms with Crippen LogP contribution in [-0.4, -0.2) is 36.1 Å². The van der Waals surface area contributed by atoms with Gasteiger partial charge in [-0.2, -0.15) is 0 Å². The van der Waals surface area contributed by atoms with Crippen molar-refractivity contribution in [2.75, 3.05) is 0 Å².